The summed E-state index contributed by atoms with van der Waals surface area (Å²) in [7, 11) is 1.41. The van der Waals surface area contributed by atoms with Crippen LogP contribution in [0.2, 0.25) is 0 Å². The van der Waals surface area contributed by atoms with Gasteiger partial charge in [0.05, 0.1) is 75.5 Å². The summed E-state index contributed by atoms with van der Waals surface area (Å²) in [6, 6.07) is 78.6. The highest BCUT2D eigenvalue weighted by atomic mass is 32.2. The molecule has 138 heavy (non-hydrogen) atoms. The van der Waals surface area contributed by atoms with Crippen molar-refractivity contribution >= 4 is 157 Å². The smallest absolute Gasteiger partial charge is 0.372 e. The zero-order valence-corrected chi connectivity index (χ0v) is 79.7. The lowest BCUT2D eigenvalue weighted by Crippen LogP contribution is -2.25. The summed E-state index contributed by atoms with van der Waals surface area (Å²) in [5, 5.41) is 25.9. The summed E-state index contributed by atoms with van der Waals surface area (Å²) < 4.78 is 86.1. The maximum atomic E-state index is 13.6. The van der Waals surface area contributed by atoms with Crippen molar-refractivity contribution in [1.82, 2.24) is 0 Å². The van der Waals surface area contributed by atoms with Gasteiger partial charge in [-0.2, -0.15) is 61.0 Å². The number of hydrogen-bond acceptors (Lipinski definition) is 18. The van der Waals surface area contributed by atoms with Gasteiger partial charge in [-0.15, -0.1) is 10.0 Å². The molecule has 5 aliphatic rings. The zero-order valence-electron chi connectivity index (χ0n) is 78.9. The van der Waals surface area contributed by atoms with Gasteiger partial charge in [-0.1, -0.05) is 165 Å². The summed E-state index contributed by atoms with van der Waals surface area (Å²) in [5.74, 6) is -2.12. The molecule has 10 aromatic carbocycles. The Balaban J connectivity index is 0.000000165. The number of amides is 5. The van der Waals surface area contributed by atoms with Crippen molar-refractivity contribution in [3.63, 3.8) is 0 Å². The number of nitrogens with zero attached hydrogens (tertiary/aromatic N) is 17. The maximum Gasteiger partial charge on any atom is 0.435 e. The Hall–Kier alpha value is -15.6. The first kappa shape index (κ1) is 103. The standard InChI is InChI=1S/C22H22F3N3O.C22H22N4O.C21H20F3N3O.C21H20N4O.C21H23N3O3S/c1-4-27(5-2)18-12-11-16(15(3)13-18)14-19-20(22(23,24)25)26-28(21(19)29)17-9-7-6-8-10-17;1-5-25(6-2)19-13-12-17(16(3)14-19)15-20-21(23-4)24-26(22(20)27)18-10-8-7-9-11-18;1-3-26(4-2)16-12-10-15(11-13-16)14-18-19(21(22,23)24)25-27(20(18)28)17-8-6-5-7-9-17;1-4-24(5-2)17-13-11-16(12-14-17)15-19-20(22-3)23-25(21(19)26)18-9-7-6-8-10-18;1-4-23(5-2)17-13-11-16(12-14-17)15-19-20(28-27-26-3)22-24(21(19)25)18-9-7-6-8-10-18/h6-14H,4-5H2,1-3H3;7-15H,5-6H2,1-3H3;5-14H,3-4H2,1-2H3;6-15H,4-5H2,1-2H3;6-15H,4-5H2,1-3H3/b19-14-;20-15-;18-14-;2*19-15-. The van der Waals surface area contributed by atoms with Crippen molar-refractivity contribution in [1.29, 1.82) is 0 Å². The Bertz CT molecular complexity index is 6360. The van der Waals surface area contributed by atoms with Gasteiger partial charge in [-0.3, -0.25) is 24.0 Å². The number of hydrogen-bond donors (Lipinski definition) is 0. The molecule has 0 spiro atoms. The van der Waals surface area contributed by atoms with Gasteiger partial charge in [0.25, 0.3) is 29.5 Å². The van der Waals surface area contributed by atoms with Gasteiger partial charge in [0, 0.05) is 93.9 Å². The molecule has 0 atom stereocenters. The number of alkyl halides is 6. The normalized spacial score (nSPS) is 15.4. The van der Waals surface area contributed by atoms with E-state index in [1.807, 2.05) is 181 Å². The van der Waals surface area contributed by atoms with Gasteiger partial charge in [0.2, 0.25) is 0 Å². The second-order valence-electron chi connectivity index (χ2n) is 31.0. The molecule has 0 N–H and O–H groups in total. The zero-order chi connectivity index (χ0) is 99.3. The lowest BCUT2D eigenvalue weighted by Gasteiger charge is -2.22. The van der Waals surface area contributed by atoms with Gasteiger partial charge in [0.1, 0.15) is 0 Å². The van der Waals surface area contributed by atoms with E-state index in [2.05, 4.69) is 130 Å². The number of anilines is 10. The van der Waals surface area contributed by atoms with Crippen LogP contribution >= 0.6 is 12.0 Å². The number of benzene rings is 10. The van der Waals surface area contributed by atoms with Crippen molar-refractivity contribution < 1.29 is 59.5 Å². The fourth-order valence-electron chi connectivity index (χ4n) is 15.2. The monoisotopic (exact) mass is 1890 g/mol. The number of aryl methyl sites for hydroxylation is 2. The number of rotatable bonds is 27. The molecule has 0 radical (unpaired) electrons. The lowest BCUT2D eigenvalue weighted by atomic mass is 10.0. The first-order valence-corrected chi connectivity index (χ1v) is 45.8. The van der Waals surface area contributed by atoms with E-state index in [-0.39, 0.29) is 40.8 Å². The molecule has 0 bridgehead atoms. The van der Waals surface area contributed by atoms with Crippen LogP contribution in [-0.2, 0) is 33.2 Å². The molecular weight excluding hydrogens is 1780 g/mol. The van der Waals surface area contributed by atoms with Gasteiger partial charge in [-0.25, -0.2) is 4.89 Å². The summed E-state index contributed by atoms with van der Waals surface area (Å²) >= 11 is 0.918. The second kappa shape index (κ2) is 48.6. The third-order valence-electron chi connectivity index (χ3n) is 22.6. The molecule has 10 aromatic rings. The largest absolute Gasteiger partial charge is 0.435 e. The molecule has 710 valence electrons. The average molecular weight is 1890 g/mol. The first-order valence-electron chi connectivity index (χ1n) is 45.1. The number of hydrazone groups is 5. The molecule has 0 saturated heterocycles. The lowest BCUT2D eigenvalue weighted by molar-refractivity contribution is -0.158. The van der Waals surface area contributed by atoms with Crippen molar-refractivity contribution in [3.8, 4) is 0 Å². The highest BCUT2D eigenvalue weighted by Crippen LogP contribution is 2.38. The van der Waals surface area contributed by atoms with Crippen LogP contribution in [-0.4, -0.2) is 143 Å². The molecule has 5 heterocycles. The minimum absolute atomic E-state index is 0.117. The predicted molar refractivity (Wildman–Crippen MR) is 547 cm³/mol. The van der Waals surface area contributed by atoms with E-state index < -0.39 is 46.7 Å². The van der Waals surface area contributed by atoms with E-state index in [9.17, 15) is 50.3 Å². The third kappa shape index (κ3) is 25.3. The van der Waals surface area contributed by atoms with Crippen molar-refractivity contribution in [2.45, 2.75) is 95.4 Å². The predicted octanol–water partition coefficient (Wildman–Crippen LogP) is 23.3. The van der Waals surface area contributed by atoms with E-state index >= 15 is 0 Å². The maximum absolute atomic E-state index is 13.6. The molecule has 31 heteroatoms. The Labute approximate surface area is 805 Å². The molecular formula is C107H107F6N17O7S. The highest BCUT2D eigenvalue weighted by Gasteiger charge is 2.49. The van der Waals surface area contributed by atoms with E-state index in [1.165, 1.54) is 46.4 Å². The fraction of sp³-hybridized carbons (Fsp3) is 0.234. The van der Waals surface area contributed by atoms with Gasteiger partial charge < -0.3 is 34.2 Å². The average Bonchev–Trinajstić information content (AvgIpc) is 1.63. The second-order valence-corrected chi connectivity index (χ2v) is 31.6. The van der Waals surface area contributed by atoms with Crippen molar-refractivity contribution in [2.24, 2.45) is 25.5 Å². The molecule has 0 fully saturated rings. The Morgan fingerprint density at radius 3 is 0.841 bits per heavy atom. The van der Waals surface area contributed by atoms with Crippen LogP contribution in [0.25, 0.3) is 40.1 Å². The van der Waals surface area contributed by atoms with Crippen molar-refractivity contribution in [3.05, 3.63) is 350 Å². The topological polar surface area (TPSA) is 207 Å². The minimum atomic E-state index is -4.74. The Morgan fingerprint density at radius 2 is 0.558 bits per heavy atom. The molecule has 5 aliphatic heterocycles. The van der Waals surface area contributed by atoms with Crippen LogP contribution in [0.15, 0.2) is 314 Å². The summed E-state index contributed by atoms with van der Waals surface area (Å²) in [4.78, 5) is 86.6. The molecule has 5 amide bonds. The van der Waals surface area contributed by atoms with Crippen LogP contribution in [0.3, 0.4) is 0 Å². The van der Waals surface area contributed by atoms with Crippen LogP contribution in [0.5, 0.6) is 0 Å². The van der Waals surface area contributed by atoms with Crippen LogP contribution in [0.4, 0.5) is 83.2 Å². The number of amidine groups is 2. The third-order valence-corrected chi connectivity index (χ3v) is 23.3. The van der Waals surface area contributed by atoms with Gasteiger partial charge >= 0.3 is 24.0 Å². The fourth-order valence-corrected chi connectivity index (χ4v) is 15.7. The van der Waals surface area contributed by atoms with Gasteiger partial charge in [-0.05, 0) is 272 Å². The highest BCUT2D eigenvalue weighted by molar-refractivity contribution is 8.10. The molecule has 15 rings (SSSR count). The summed E-state index contributed by atoms with van der Waals surface area (Å²) in [5.41, 5.74) is 11.4. The number of carbonyl (C=O) groups excluding carboxylic acids is 5. The molecule has 0 saturated carbocycles. The van der Waals surface area contributed by atoms with Gasteiger partial charge in [0.15, 0.2) is 16.5 Å². The van der Waals surface area contributed by atoms with E-state index in [4.69, 9.17) is 17.5 Å². The summed E-state index contributed by atoms with van der Waals surface area (Å²) in [6.45, 7) is 48.4. The van der Waals surface area contributed by atoms with Crippen molar-refractivity contribution in [2.75, 3.05) is 122 Å². The molecule has 0 aliphatic carbocycles. The molecule has 0 unspecified atom stereocenters. The Kier molecular flexibility index (Phi) is 36.2. The van der Waals surface area contributed by atoms with E-state index in [0.717, 1.165) is 144 Å². The van der Waals surface area contributed by atoms with E-state index in [1.54, 1.807) is 103 Å². The quantitative estimate of drug-likeness (QED) is 0.0117. The number of carbonyl (C=O) groups is 5. The SMILES string of the molecule is CCN(CC)c1ccc(/C=C2\C(=O)N(c3ccccc3)N=C2C(F)(F)F)c(C)c1.CCN(CC)c1ccc(/C=C2\C(=O)N(c3ccccc3)N=C2C(F)(F)F)cc1.CCN(CC)c1ccc(/C=C2\C(=O)N(c3ccccc3)N=C2SOOC)cc1.[C-]#[N+]C1=NN(c2ccccc2)C(=O)/C1=C\c1ccc(N(CC)CC)cc1.[C-]#[N+]C1=NN(c2ccccc2)C(=O)/C1=C\c1ccc(N(CC)CC)cc1C. The van der Waals surface area contributed by atoms with Crippen LogP contribution in [0, 0.1) is 27.0 Å². The molecule has 24 nitrogen and oxygen atoms in total. The molecule has 0 aromatic heterocycles. The minimum Gasteiger partial charge on any atom is -0.372 e. The van der Waals surface area contributed by atoms with Crippen LogP contribution in [0.1, 0.15) is 108 Å². The Morgan fingerprint density at radius 1 is 0.319 bits per heavy atom. The van der Waals surface area contributed by atoms with Crippen LogP contribution < -0.4 is 49.5 Å². The number of halogens is 6. The first-order chi connectivity index (χ1) is 66.5. The summed E-state index contributed by atoms with van der Waals surface area (Å²) in [6.07, 6.45) is -1.63. The van der Waals surface area contributed by atoms with E-state index in [0.29, 0.717) is 50.0 Å². The number of para-hydroxylation sites is 5.